The minimum atomic E-state index is -5.11. The third-order valence-electron chi connectivity index (χ3n) is 8.45. The van der Waals surface area contributed by atoms with E-state index in [9.17, 15) is 13.2 Å². The molecule has 0 bridgehead atoms. The molecule has 0 spiro atoms. The lowest BCUT2D eigenvalue weighted by Crippen LogP contribution is -2.29. The van der Waals surface area contributed by atoms with Gasteiger partial charge >= 0.3 is 12.4 Å². The van der Waals surface area contributed by atoms with Crippen LogP contribution < -0.4 is 31.8 Å². The molecule has 0 N–H and O–H groups in total. The normalized spacial score (nSPS) is 12.2. The molecule has 0 radical (unpaired) electrons. The zero-order valence-electron chi connectivity index (χ0n) is 26.3. The molecule has 248 valence electrons. The van der Waals surface area contributed by atoms with Crippen molar-refractivity contribution >= 4 is 58.4 Å². The number of fused-ring (bicyclic) bond motifs is 1. The number of halogens is 6. The van der Waals surface area contributed by atoms with Crippen molar-refractivity contribution in [2.45, 2.75) is 12.4 Å². The highest BCUT2D eigenvalue weighted by Crippen LogP contribution is 2.49. The van der Waals surface area contributed by atoms with Gasteiger partial charge in [-0.3, -0.25) is 0 Å². The molecule has 0 atom stereocenters. The van der Waals surface area contributed by atoms with E-state index in [1.807, 2.05) is 84.9 Å². The molecule has 0 aliphatic heterocycles. The Morgan fingerprint density at radius 3 is 1.22 bits per heavy atom. The van der Waals surface area contributed by atoms with Crippen molar-refractivity contribution < 1.29 is 26.3 Å². The van der Waals surface area contributed by atoms with E-state index >= 15 is 13.2 Å². The number of hydrogen-bond donors (Lipinski definition) is 0. The van der Waals surface area contributed by atoms with E-state index < -0.39 is 39.3 Å². The Hall–Kier alpha value is -4.76. The van der Waals surface area contributed by atoms with Crippen LogP contribution in [0.1, 0.15) is 11.1 Å². The van der Waals surface area contributed by atoms with Crippen LogP contribution in [0.15, 0.2) is 170 Å². The standard InChI is InChI=1S/C42H28F6P2/c43-41(44,45)30-27-36(42(46,47)48)40(38(28-30)50(33-20-9-3-10-21-33)34-22-11-4-12-23-34)39-35-24-14-13-15-29(35)25-26-37(39)49(31-16-5-1-6-17-31)32-18-7-2-8-19-32/h1-28H. The van der Waals surface area contributed by atoms with Crippen molar-refractivity contribution in [2.24, 2.45) is 0 Å². The Kier molecular flexibility index (Phi) is 9.35. The van der Waals surface area contributed by atoms with Gasteiger partial charge in [0.05, 0.1) is 11.1 Å². The number of benzene rings is 7. The maximum Gasteiger partial charge on any atom is 0.417 e. The molecule has 0 saturated carbocycles. The summed E-state index contributed by atoms with van der Waals surface area (Å²) in [6.45, 7) is 0. The summed E-state index contributed by atoms with van der Waals surface area (Å²) in [5.41, 5.74) is -2.58. The van der Waals surface area contributed by atoms with Crippen LogP contribution in [0.3, 0.4) is 0 Å². The van der Waals surface area contributed by atoms with Gasteiger partial charge in [0, 0.05) is 5.56 Å². The van der Waals surface area contributed by atoms with Crippen LogP contribution in [0.4, 0.5) is 26.3 Å². The zero-order chi connectivity index (χ0) is 34.9. The van der Waals surface area contributed by atoms with Crippen LogP contribution in [0.2, 0.25) is 0 Å². The Bertz CT molecular complexity index is 2160. The summed E-state index contributed by atoms with van der Waals surface area (Å²) in [6.07, 6.45) is -10.1. The minimum absolute atomic E-state index is 0.00627. The second-order valence-corrected chi connectivity index (χ2v) is 16.0. The van der Waals surface area contributed by atoms with E-state index in [4.69, 9.17) is 0 Å². The second-order valence-electron chi connectivity index (χ2n) is 11.6. The van der Waals surface area contributed by atoms with Crippen molar-refractivity contribution in [3.8, 4) is 11.1 Å². The van der Waals surface area contributed by atoms with Gasteiger partial charge in [0.15, 0.2) is 0 Å². The van der Waals surface area contributed by atoms with Crippen molar-refractivity contribution in [3.63, 3.8) is 0 Å². The molecule has 0 heterocycles. The summed E-state index contributed by atoms with van der Waals surface area (Å²) >= 11 is 0. The van der Waals surface area contributed by atoms with Crippen LogP contribution in [-0.4, -0.2) is 0 Å². The summed E-state index contributed by atoms with van der Waals surface area (Å²) in [5, 5.41) is 4.92. The van der Waals surface area contributed by atoms with Crippen molar-refractivity contribution in [2.75, 3.05) is 0 Å². The highest BCUT2D eigenvalue weighted by molar-refractivity contribution is 7.80. The zero-order valence-corrected chi connectivity index (χ0v) is 28.1. The molecule has 0 aliphatic rings. The smallest absolute Gasteiger partial charge is 0.166 e. The molecule has 7 aromatic rings. The molecule has 7 rings (SSSR count). The quantitative estimate of drug-likeness (QED) is 0.114. The predicted molar refractivity (Wildman–Crippen MR) is 197 cm³/mol. The third kappa shape index (κ3) is 6.71. The van der Waals surface area contributed by atoms with Gasteiger partial charge in [0.2, 0.25) is 0 Å². The molecular formula is C42H28F6P2. The maximum absolute atomic E-state index is 15.6. The van der Waals surface area contributed by atoms with E-state index in [1.165, 1.54) is 0 Å². The molecule has 8 heteroatoms. The summed E-state index contributed by atoms with van der Waals surface area (Å²) < 4.78 is 90.8. The number of alkyl halides is 6. The topological polar surface area (TPSA) is 0 Å². The molecule has 0 saturated heterocycles. The van der Waals surface area contributed by atoms with E-state index in [0.29, 0.717) is 32.8 Å². The van der Waals surface area contributed by atoms with Crippen LogP contribution in [0, 0.1) is 0 Å². The van der Waals surface area contributed by atoms with Gasteiger partial charge in [-0.05, 0) is 76.1 Å². The van der Waals surface area contributed by atoms with Gasteiger partial charge in [-0.2, -0.15) is 26.3 Å². The lowest BCUT2D eigenvalue weighted by Gasteiger charge is -2.30. The molecular weight excluding hydrogens is 680 g/mol. The first-order valence-electron chi connectivity index (χ1n) is 15.8. The van der Waals surface area contributed by atoms with Gasteiger partial charge in [-0.25, -0.2) is 0 Å². The SMILES string of the molecule is FC(F)(F)c1cc(P(c2ccccc2)c2ccccc2)c(-c2c(P(c3ccccc3)c3ccccc3)ccc3ccccc23)c(C(F)(F)F)c1. The molecule has 0 unspecified atom stereocenters. The predicted octanol–water partition coefficient (Wildman–Crippen LogP) is 10.1. The molecule has 0 nitrogen and oxygen atoms in total. The van der Waals surface area contributed by atoms with Crippen molar-refractivity contribution in [1.29, 1.82) is 0 Å². The van der Waals surface area contributed by atoms with Gasteiger partial charge in [0.1, 0.15) is 0 Å². The monoisotopic (exact) mass is 708 g/mol. The number of hydrogen-bond acceptors (Lipinski definition) is 0. The van der Waals surface area contributed by atoms with E-state index in [2.05, 4.69) is 0 Å². The van der Waals surface area contributed by atoms with Gasteiger partial charge < -0.3 is 0 Å². The lowest BCUT2D eigenvalue weighted by atomic mass is 9.92. The Balaban J connectivity index is 1.69. The second kappa shape index (κ2) is 13.9. The highest BCUT2D eigenvalue weighted by atomic mass is 31.1. The van der Waals surface area contributed by atoms with Gasteiger partial charge in [-0.1, -0.05) is 158 Å². The minimum Gasteiger partial charge on any atom is -0.166 e. The first kappa shape index (κ1) is 33.7. The van der Waals surface area contributed by atoms with E-state index in [-0.39, 0.29) is 16.4 Å². The average molecular weight is 709 g/mol. The summed E-state index contributed by atoms with van der Waals surface area (Å²) in [6, 6.07) is 49.0. The van der Waals surface area contributed by atoms with Crippen molar-refractivity contribution in [3.05, 3.63) is 181 Å². The van der Waals surface area contributed by atoms with Gasteiger partial charge in [-0.15, -0.1) is 0 Å². The lowest BCUT2D eigenvalue weighted by molar-refractivity contribution is -0.142. The van der Waals surface area contributed by atoms with Crippen LogP contribution in [-0.2, 0) is 12.4 Å². The fourth-order valence-corrected chi connectivity index (χ4v) is 11.3. The van der Waals surface area contributed by atoms with Crippen LogP contribution in [0.25, 0.3) is 21.9 Å². The molecule has 0 aromatic heterocycles. The maximum atomic E-state index is 15.6. The molecule has 50 heavy (non-hydrogen) atoms. The Labute approximate surface area is 288 Å². The highest BCUT2D eigenvalue weighted by Gasteiger charge is 2.42. The summed E-state index contributed by atoms with van der Waals surface area (Å²) in [4.78, 5) is 0. The first-order chi connectivity index (χ1) is 24.1. The number of rotatable bonds is 7. The summed E-state index contributed by atoms with van der Waals surface area (Å²) in [5.74, 6) is 0. The molecule has 0 amide bonds. The largest absolute Gasteiger partial charge is 0.417 e. The molecule has 0 aliphatic carbocycles. The summed E-state index contributed by atoms with van der Waals surface area (Å²) in [7, 11) is -3.37. The average Bonchev–Trinajstić information content (AvgIpc) is 3.13. The van der Waals surface area contributed by atoms with E-state index in [0.717, 1.165) is 16.7 Å². The van der Waals surface area contributed by atoms with E-state index in [1.54, 1.807) is 72.8 Å². The molecule has 7 aromatic carbocycles. The van der Waals surface area contributed by atoms with Gasteiger partial charge in [0.25, 0.3) is 0 Å². The molecule has 0 fully saturated rings. The van der Waals surface area contributed by atoms with Crippen molar-refractivity contribution in [1.82, 2.24) is 0 Å². The van der Waals surface area contributed by atoms with Crippen LogP contribution in [0.5, 0.6) is 0 Å². The first-order valence-corrected chi connectivity index (χ1v) is 18.4. The fraction of sp³-hybridized carbons (Fsp3) is 0.0476. The van der Waals surface area contributed by atoms with Crippen LogP contribution >= 0.6 is 15.8 Å². The third-order valence-corrected chi connectivity index (χ3v) is 13.4. The Morgan fingerprint density at radius 2 is 0.780 bits per heavy atom. The fourth-order valence-electron chi connectivity index (χ4n) is 6.32. The Morgan fingerprint density at radius 1 is 0.360 bits per heavy atom.